The maximum Gasteiger partial charge on any atom is 0.125 e. The van der Waals surface area contributed by atoms with Crippen LogP contribution in [0.15, 0.2) is 30.5 Å². The third-order valence-corrected chi connectivity index (χ3v) is 2.48. The van der Waals surface area contributed by atoms with E-state index in [1.54, 1.807) is 6.20 Å². The number of H-pyrrole nitrogens is 1. The highest BCUT2D eigenvalue weighted by atomic mass is 16.3. The lowest BCUT2D eigenvalue weighted by atomic mass is 9.99. The first-order chi connectivity index (χ1) is 7.20. The van der Waals surface area contributed by atoms with E-state index in [2.05, 4.69) is 10.2 Å². The predicted molar refractivity (Wildman–Crippen MR) is 58.2 cm³/mol. The number of nitrogen functional groups attached to an aromatic ring is 1. The molecule has 15 heavy (non-hydrogen) atoms. The Hall–Kier alpha value is -1.81. The normalized spacial score (nSPS) is 12.7. The van der Waals surface area contributed by atoms with E-state index in [0.29, 0.717) is 11.4 Å². The van der Waals surface area contributed by atoms with Gasteiger partial charge in [0, 0.05) is 5.56 Å². The quantitative estimate of drug-likeness (QED) is 0.690. The molecule has 78 valence electrons. The Morgan fingerprint density at radius 1 is 1.33 bits per heavy atom. The van der Waals surface area contributed by atoms with Gasteiger partial charge < -0.3 is 10.8 Å². The lowest BCUT2D eigenvalue weighted by Gasteiger charge is -2.12. The number of hydrogen-bond donors (Lipinski definition) is 3. The number of aryl methyl sites for hydroxylation is 1. The summed E-state index contributed by atoms with van der Waals surface area (Å²) in [4.78, 5) is 0. The summed E-state index contributed by atoms with van der Waals surface area (Å²) in [6.45, 7) is 1.95. The average Bonchev–Trinajstić information content (AvgIpc) is 2.64. The van der Waals surface area contributed by atoms with Crippen molar-refractivity contribution in [3.8, 4) is 0 Å². The minimum atomic E-state index is -0.718. The van der Waals surface area contributed by atoms with Crippen LogP contribution in [0.5, 0.6) is 0 Å². The van der Waals surface area contributed by atoms with Crippen LogP contribution in [-0.2, 0) is 0 Å². The molecule has 0 aliphatic heterocycles. The molecule has 0 saturated carbocycles. The molecule has 0 radical (unpaired) electrons. The van der Waals surface area contributed by atoms with E-state index in [9.17, 15) is 5.11 Å². The van der Waals surface area contributed by atoms with Crippen molar-refractivity contribution in [2.45, 2.75) is 13.0 Å². The minimum absolute atomic E-state index is 0.408. The van der Waals surface area contributed by atoms with E-state index >= 15 is 0 Å². The molecule has 0 aliphatic carbocycles. The van der Waals surface area contributed by atoms with Crippen molar-refractivity contribution in [2.75, 3.05) is 5.73 Å². The summed E-state index contributed by atoms with van der Waals surface area (Å²) in [7, 11) is 0. The van der Waals surface area contributed by atoms with Crippen molar-refractivity contribution in [3.05, 3.63) is 47.2 Å². The first-order valence-corrected chi connectivity index (χ1v) is 4.72. The standard InChI is InChI=1S/C11H13N3O/c1-7-4-2-3-5-8(7)10(15)9-6-13-14-11(9)12/h2-6,10,15H,1H3,(H3,12,13,14). The van der Waals surface area contributed by atoms with Gasteiger partial charge in [0.05, 0.1) is 6.20 Å². The van der Waals surface area contributed by atoms with Crippen LogP contribution in [0.1, 0.15) is 22.8 Å². The predicted octanol–water partition coefficient (Wildman–Crippen LogP) is 1.38. The number of anilines is 1. The zero-order chi connectivity index (χ0) is 10.8. The molecule has 1 aromatic heterocycles. The number of hydrogen-bond acceptors (Lipinski definition) is 3. The second kappa shape index (κ2) is 3.74. The van der Waals surface area contributed by atoms with Crippen molar-refractivity contribution in [3.63, 3.8) is 0 Å². The fourth-order valence-corrected chi connectivity index (χ4v) is 1.58. The van der Waals surface area contributed by atoms with Crippen LogP contribution in [0.2, 0.25) is 0 Å². The Kier molecular flexibility index (Phi) is 2.43. The van der Waals surface area contributed by atoms with Crippen molar-refractivity contribution in [1.29, 1.82) is 0 Å². The molecule has 4 heteroatoms. The molecule has 0 spiro atoms. The van der Waals surface area contributed by atoms with Gasteiger partial charge in [0.15, 0.2) is 0 Å². The maximum absolute atomic E-state index is 10.1. The van der Waals surface area contributed by atoms with E-state index in [0.717, 1.165) is 11.1 Å². The van der Waals surface area contributed by atoms with Crippen LogP contribution in [0, 0.1) is 6.92 Å². The zero-order valence-corrected chi connectivity index (χ0v) is 8.44. The molecule has 0 saturated heterocycles. The largest absolute Gasteiger partial charge is 0.384 e. The molecular weight excluding hydrogens is 190 g/mol. The van der Waals surface area contributed by atoms with Crippen LogP contribution in [0.4, 0.5) is 5.82 Å². The highest BCUT2D eigenvalue weighted by molar-refractivity contribution is 5.44. The van der Waals surface area contributed by atoms with Crippen LogP contribution in [0.3, 0.4) is 0 Å². The maximum atomic E-state index is 10.1. The Morgan fingerprint density at radius 3 is 2.67 bits per heavy atom. The Balaban J connectivity index is 2.41. The van der Waals surface area contributed by atoms with E-state index in [1.807, 2.05) is 31.2 Å². The van der Waals surface area contributed by atoms with E-state index < -0.39 is 6.10 Å². The molecule has 4 N–H and O–H groups in total. The number of benzene rings is 1. The SMILES string of the molecule is Cc1ccccc1C(O)c1cn[nH]c1N. The van der Waals surface area contributed by atoms with Crippen LogP contribution < -0.4 is 5.73 Å². The number of nitrogens with two attached hydrogens (primary N) is 1. The van der Waals surface area contributed by atoms with Gasteiger partial charge in [0.2, 0.25) is 0 Å². The highest BCUT2D eigenvalue weighted by Crippen LogP contribution is 2.26. The van der Waals surface area contributed by atoms with E-state index in [1.165, 1.54) is 0 Å². The number of aliphatic hydroxyl groups is 1. The van der Waals surface area contributed by atoms with Gasteiger partial charge in [-0.1, -0.05) is 24.3 Å². The van der Waals surface area contributed by atoms with Crippen molar-refractivity contribution >= 4 is 5.82 Å². The molecule has 0 aliphatic rings. The van der Waals surface area contributed by atoms with Crippen molar-refractivity contribution < 1.29 is 5.11 Å². The molecule has 0 fully saturated rings. The Morgan fingerprint density at radius 2 is 2.07 bits per heavy atom. The van der Waals surface area contributed by atoms with Crippen LogP contribution in [-0.4, -0.2) is 15.3 Å². The molecule has 2 aromatic rings. The summed E-state index contributed by atoms with van der Waals surface area (Å²) in [5.41, 5.74) is 8.15. The molecule has 1 heterocycles. The lowest BCUT2D eigenvalue weighted by Crippen LogP contribution is -2.03. The van der Waals surface area contributed by atoms with Gasteiger partial charge in [-0.3, -0.25) is 5.10 Å². The van der Waals surface area contributed by atoms with Crippen molar-refractivity contribution in [2.24, 2.45) is 0 Å². The number of aromatic amines is 1. The summed E-state index contributed by atoms with van der Waals surface area (Å²) >= 11 is 0. The fourth-order valence-electron chi connectivity index (χ4n) is 1.58. The van der Waals surface area contributed by atoms with Gasteiger partial charge in [0.25, 0.3) is 0 Å². The second-order valence-electron chi connectivity index (χ2n) is 3.50. The summed E-state index contributed by atoms with van der Waals surface area (Å²) in [5, 5.41) is 16.5. The first-order valence-electron chi connectivity index (χ1n) is 4.72. The van der Waals surface area contributed by atoms with Crippen molar-refractivity contribution in [1.82, 2.24) is 10.2 Å². The molecule has 0 amide bonds. The topological polar surface area (TPSA) is 74.9 Å². The molecular formula is C11H13N3O. The Bertz CT molecular complexity index is 464. The second-order valence-corrected chi connectivity index (χ2v) is 3.50. The van der Waals surface area contributed by atoms with Gasteiger partial charge >= 0.3 is 0 Å². The average molecular weight is 203 g/mol. The lowest BCUT2D eigenvalue weighted by molar-refractivity contribution is 0.220. The zero-order valence-electron chi connectivity index (χ0n) is 8.44. The smallest absolute Gasteiger partial charge is 0.125 e. The molecule has 2 rings (SSSR count). The minimum Gasteiger partial charge on any atom is -0.384 e. The van der Waals surface area contributed by atoms with Gasteiger partial charge in [-0.15, -0.1) is 0 Å². The highest BCUT2D eigenvalue weighted by Gasteiger charge is 2.16. The molecule has 0 bridgehead atoms. The number of rotatable bonds is 2. The van der Waals surface area contributed by atoms with Crippen LogP contribution in [0.25, 0.3) is 0 Å². The third kappa shape index (κ3) is 1.71. The number of aliphatic hydroxyl groups excluding tert-OH is 1. The van der Waals surface area contributed by atoms with E-state index in [-0.39, 0.29) is 0 Å². The number of nitrogens with one attached hydrogen (secondary N) is 1. The molecule has 1 unspecified atom stereocenters. The summed E-state index contributed by atoms with van der Waals surface area (Å²) in [6.07, 6.45) is 0.830. The monoisotopic (exact) mass is 203 g/mol. The summed E-state index contributed by atoms with van der Waals surface area (Å²) < 4.78 is 0. The first kappa shape index (κ1) is 9.73. The number of aromatic nitrogens is 2. The van der Waals surface area contributed by atoms with Crippen LogP contribution >= 0.6 is 0 Å². The Labute approximate surface area is 87.7 Å². The van der Waals surface area contributed by atoms with Gasteiger partial charge in [-0.2, -0.15) is 5.10 Å². The molecule has 4 nitrogen and oxygen atoms in total. The summed E-state index contributed by atoms with van der Waals surface area (Å²) in [6, 6.07) is 7.66. The van der Waals surface area contributed by atoms with E-state index in [4.69, 9.17) is 5.73 Å². The van der Waals surface area contributed by atoms with Gasteiger partial charge in [-0.05, 0) is 18.1 Å². The van der Waals surface area contributed by atoms with Gasteiger partial charge in [0.1, 0.15) is 11.9 Å². The van der Waals surface area contributed by atoms with Gasteiger partial charge in [-0.25, -0.2) is 0 Å². The molecule has 1 atom stereocenters. The summed E-state index contributed by atoms with van der Waals surface area (Å²) in [5.74, 6) is 0.408. The fraction of sp³-hybridized carbons (Fsp3) is 0.182. The number of nitrogens with zero attached hydrogens (tertiary/aromatic N) is 1. The third-order valence-electron chi connectivity index (χ3n) is 2.48. The molecule has 1 aromatic carbocycles.